The summed E-state index contributed by atoms with van der Waals surface area (Å²) in [5.74, 6) is 0.593. The summed E-state index contributed by atoms with van der Waals surface area (Å²) in [6, 6.07) is -0.0220. The van der Waals surface area contributed by atoms with Crippen LogP contribution in [0.3, 0.4) is 0 Å². The van der Waals surface area contributed by atoms with Gasteiger partial charge in [-0.25, -0.2) is 0 Å². The van der Waals surface area contributed by atoms with Crippen molar-refractivity contribution in [3.63, 3.8) is 0 Å². The summed E-state index contributed by atoms with van der Waals surface area (Å²) in [6.45, 7) is 3.22. The molecule has 3 heteroatoms. The number of carbonyl (C=O) groups is 1. The van der Waals surface area contributed by atoms with Crippen LogP contribution in [-0.2, 0) is 9.53 Å². The predicted molar refractivity (Wildman–Crippen MR) is 44.6 cm³/mol. The molecule has 0 unspecified atom stereocenters. The zero-order valence-corrected chi connectivity index (χ0v) is 7.59. The Kier molecular flexibility index (Phi) is 1.65. The predicted octanol–water partition coefficient (Wildman–Crippen LogP) is 0.547. The standard InChI is InChI=1S/C9H15NO2/c1-6-3-4-9(6)5-10-7(9)8(11)12-2/h6-7,10H,3-5H2,1-2H3/t6-,7+,9+/m1/s1. The first-order chi connectivity index (χ1) is 5.70. The summed E-state index contributed by atoms with van der Waals surface area (Å²) in [7, 11) is 1.46. The van der Waals surface area contributed by atoms with E-state index < -0.39 is 0 Å². The minimum absolute atomic E-state index is 0.0220. The fourth-order valence-electron chi connectivity index (χ4n) is 2.40. The summed E-state index contributed by atoms with van der Waals surface area (Å²) in [4.78, 5) is 11.3. The Hall–Kier alpha value is -0.570. The monoisotopic (exact) mass is 169 g/mol. The van der Waals surface area contributed by atoms with Gasteiger partial charge in [-0.2, -0.15) is 0 Å². The first-order valence-electron chi connectivity index (χ1n) is 4.52. The fraction of sp³-hybridized carbons (Fsp3) is 0.889. The summed E-state index contributed by atoms with van der Waals surface area (Å²) in [5.41, 5.74) is 0.257. The average Bonchev–Trinajstić information content (AvgIpc) is 2.00. The topological polar surface area (TPSA) is 38.3 Å². The Balaban J connectivity index is 2.05. The van der Waals surface area contributed by atoms with Crippen LogP contribution < -0.4 is 5.32 Å². The fourth-order valence-corrected chi connectivity index (χ4v) is 2.40. The van der Waals surface area contributed by atoms with Crippen molar-refractivity contribution in [1.82, 2.24) is 5.32 Å². The summed E-state index contributed by atoms with van der Waals surface area (Å²) >= 11 is 0. The number of carbonyl (C=O) groups excluding carboxylic acids is 1. The van der Waals surface area contributed by atoms with Crippen molar-refractivity contribution in [2.24, 2.45) is 11.3 Å². The van der Waals surface area contributed by atoms with E-state index in [1.807, 2.05) is 0 Å². The van der Waals surface area contributed by atoms with Crippen LogP contribution >= 0.6 is 0 Å². The van der Waals surface area contributed by atoms with Gasteiger partial charge >= 0.3 is 5.97 Å². The Bertz CT molecular complexity index is 213. The molecule has 0 amide bonds. The van der Waals surface area contributed by atoms with Gasteiger partial charge in [0.2, 0.25) is 0 Å². The first kappa shape index (κ1) is 8.05. The number of esters is 1. The van der Waals surface area contributed by atoms with E-state index in [4.69, 9.17) is 4.74 Å². The molecule has 0 radical (unpaired) electrons. The number of ether oxygens (including phenoxy) is 1. The largest absolute Gasteiger partial charge is 0.468 e. The van der Waals surface area contributed by atoms with Crippen molar-refractivity contribution < 1.29 is 9.53 Å². The van der Waals surface area contributed by atoms with Gasteiger partial charge in [0.25, 0.3) is 0 Å². The van der Waals surface area contributed by atoms with Gasteiger partial charge in [0.05, 0.1) is 7.11 Å². The van der Waals surface area contributed by atoms with Crippen LogP contribution in [0, 0.1) is 11.3 Å². The Morgan fingerprint density at radius 1 is 1.67 bits per heavy atom. The molecular formula is C9H15NO2. The van der Waals surface area contributed by atoms with Crippen LogP contribution in [0.25, 0.3) is 0 Å². The molecular weight excluding hydrogens is 154 g/mol. The van der Waals surface area contributed by atoms with E-state index in [0.29, 0.717) is 5.92 Å². The number of hydrogen-bond donors (Lipinski definition) is 1. The molecule has 12 heavy (non-hydrogen) atoms. The van der Waals surface area contributed by atoms with Crippen molar-refractivity contribution in [1.29, 1.82) is 0 Å². The highest BCUT2D eigenvalue weighted by Gasteiger charge is 2.58. The van der Waals surface area contributed by atoms with Gasteiger partial charge in [-0.15, -0.1) is 0 Å². The molecule has 68 valence electrons. The van der Waals surface area contributed by atoms with Gasteiger partial charge in [0.1, 0.15) is 6.04 Å². The van der Waals surface area contributed by atoms with Crippen LogP contribution in [-0.4, -0.2) is 25.7 Å². The minimum atomic E-state index is -0.0900. The van der Waals surface area contributed by atoms with E-state index in [2.05, 4.69) is 12.2 Å². The van der Waals surface area contributed by atoms with Crippen LogP contribution in [0.2, 0.25) is 0 Å². The van der Waals surface area contributed by atoms with E-state index in [0.717, 1.165) is 6.54 Å². The molecule has 0 aromatic carbocycles. The third-order valence-electron chi connectivity index (χ3n) is 3.67. The number of hydrogen-bond acceptors (Lipinski definition) is 3. The van der Waals surface area contributed by atoms with Crippen molar-refractivity contribution in [2.45, 2.75) is 25.8 Å². The normalized spacial score (nSPS) is 44.8. The van der Waals surface area contributed by atoms with Gasteiger partial charge in [0.15, 0.2) is 0 Å². The van der Waals surface area contributed by atoms with E-state index in [9.17, 15) is 4.79 Å². The molecule has 0 aromatic heterocycles. The maximum absolute atomic E-state index is 11.3. The van der Waals surface area contributed by atoms with Gasteiger partial charge in [-0.05, 0) is 18.8 Å². The summed E-state index contributed by atoms with van der Waals surface area (Å²) < 4.78 is 4.73. The third kappa shape index (κ3) is 0.774. The molecule has 1 N–H and O–H groups in total. The van der Waals surface area contributed by atoms with E-state index in [1.54, 1.807) is 0 Å². The number of methoxy groups -OCH3 is 1. The smallest absolute Gasteiger partial charge is 0.323 e. The van der Waals surface area contributed by atoms with Gasteiger partial charge in [-0.3, -0.25) is 4.79 Å². The molecule has 2 aliphatic rings. The highest BCUT2D eigenvalue weighted by atomic mass is 16.5. The molecule has 1 aliphatic carbocycles. The second-order valence-electron chi connectivity index (χ2n) is 4.01. The number of rotatable bonds is 1. The van der Waals surface area contributed by atoms with Crippen molar-refractivity contribution in [2.75, 3.05) is 13.7 Å². The second kappa shape index (κ2) is 2.46. The van der Waals surface area contributed by atoms with Crippen LogP contribution in [0.15, 0.2) is 0 Å². The second-order valence-corrected chi connectivity index (χ2v) is 4.01. The van der Waals surface area contributed by atoms with Crippen molar-refractivity contribution >= 4 is 5.97 Å². The number of nitrogens with one attached hydrogen (secondary N) is 1. The summed E-state index contributed by atoms with van der Waals surface area (Å²) in [5, 5.41) is 3.14. The minimum Gasteiger partial charge on any atom is -0.468 e. The Morgan fingerprint density at radius 2 is 2.42 bits per heavy atom. The summed E-state index contributed by atoms with van der Waals surface area (Å²) in [6.07, 6.45) is 2.44. The average molecular weight is 169 g/mol. The molecule has 1 saturated carbocycles. The van der Waals surface area contributed by atoms with Gasteiger partial charge in [0, 0.05) is 12.0 Å². The maximum Gasteiger partial charge on any atom is 0.323 e. The van der Waals surface area contributed by atoms with E-state index in [1.165, 1.54) is 20.0 Å². The van der Waals surface area contributed by atoms with Crippen LogP contribution in [0.1, 0.15) is 19.8 Å². The molecule has 3 nitrogen and oxygen atoms in total. The molecule has 2 rings (SSSR count). The van der Waals surface area contributed by atoms with Crippen molar-refractivity contribution in [3.05, 3.63) is 0 Å². The van der Waals surface area contributed by atoms with Crippen LogP contribution in [0.5, 0.6) is 0 Å². The van der Waals surface area contributed by atoms with E-state index in [-0.39, 0.29) is 17.4 Å². The highest BCUT2D eigenvalue weighted by Crippen LogP contribution is 2.53. The lowest BCUT2D eigenvalue weighted by Crippen LogP contribution is -2.72. The molecule has 1 saturated heterocycles. The maximum atomic E-state index is 11.3. The van der Waals surface area contributed by atoms with Crippen LogP contribution in [0.4, 0.5) is 0 Å². The molecule has 2 fully saturated rings. The first-order valence-corrected chi connectivity index (χ1v) is 4.52. The Labute approximate surface area is 72.5 Å². The lowest BCUT2D eigenvalue weighted by Gasteiger charge is -2.59. The van der Waals surface area contributed by atoms with Gasteiger partial charge in [-0.1, -0.05) is 6.92 Å². The lowest BCUT2D eigenvalue weighted by molar-refractivity contribution is -0.162. The zero-order chi connectivity index (χ0) is 8.77. The molecule has 1 aliphatic heterocycles. The van der Waals surface area contributed by atoms with Crippen molar-refractivity contribution in [3.8, 4) is 0 Å². The third-order valence-corrected chi connectivity index (χ3v) is 3.67. The lowest BCUT2D eigenvalue weighted by atomic mass is 9.53. The molecule has 1 heterocycles. The molecule has 1 spiro atoms. The Morgan fingerprint density at radius 3 is 2.67 bits per heavy atom. The highest BCUT2D eigenvalue weighted by molar-refractivity contribution is 5.78. The van der Waals surface area contributed by atoms with E-state index >= 15 is 0 Å². The quantitative estimate of drug-likeness (QED) is 0.582. The SMILES string of the molecule is COC(=O)[C@@H]1NC[C@]12CC[C@H]2C. The zero-order valence-electron chi connectivity index (χ0n) is 7.59. The molecule has 0 aromatic rings. The van der Waals surface area contributed by atoms with Gasteiger partial charge < -0.3 is 10.1 Å². The molecule has 0 bridgehead atoms. The molecule has 3 atom stereocenters.